The molecule has 0 atom stereocenters. The molecule has 0 nitrogen and oxygen atoms in total. The Bertz CT molecular complexity index is 2100. The third-order valence-electron chi connectivity index (χ3n) is 7.95. The molecule has 8 rings (SSSR count). The van der Waals surface area contributed by atoms with Gasteiger partial charge in [0.2, 0.25) is 0 Å². The number of hydrogen-bond donors (Lipinski definition) is 0. The van der Waals surface area contributed by atoms with E-state index in [1.807, 2.05) is 0 Å². The molecule has 0 aliphatic rings. The van der Waals surface area contributed by atoms with Crippen molar-refractivity contribution in [3.8, 4) is 11.1 Å². The van der Waals surface area contributed by atoms with Crippen molar-refractivity contribution in [3.63, 3.8) is 0 Å². The molecule has 0 amide bonds. The van der Waals surface area contributed by atoms with E-state index >= 15 is 0 Å². The lowest BCUT2D eigenvalue weighted by molar-refractivity contribution is 1.68. The van der Waals surface area contributed by atoms with Gasteiger partial charge in [0.05, 0.1) is 0 Å². The number of halogens is 2. The summed E-state index contributed by atoms with van der Waals surface area (Å²) in [5.74, 6) is 0. The summed E-state index contributed by atoms with van der Waals surface area (Å²) in [6.45, 7) is 0. The van der Waals surface area contributed by atoms with Crippen LogP contribution in [0, 0.1) is 7.14 Å². The average molecular weight is 706 g/mol. The molecule has 0 saturated heterocycles. The molecule has 0 fully saturated rings. The van der Waals surface area contributed by atoms with Crippen molar-refractivity contribution in [2.75, 3.05) is 0 Å². The maximum absolute atomic E-state index is 2.62. The van der Waals surface area contributed by atoms with Crippen LogP contribution in [0.15, 0.2) is 121 Å². The van der Waals surface area contributed by atoms with E-state index < -0.39 is 0 Å². The smallest absolute Gasteiger partial charge is 0.0294 e. The van der Waals surface area contributed by atoms with E-state index in [1.54, 1.807) is 0 Å². The van der Waals surface area contributed by atoms with Crippen LogP contribution in [-0.4, -0.2) is 0 Å². The first-order valence-corrected chi connectivity index (χ1v) is 14.9. The number of rotatable bonds is 1. The van der Waals surface area contributed by atoms with Crippen molar-refractivity contribution in [2.24, 2.45) is 0 Å². The first-order chi connectivity index (χ1) is 18.7. The van der Waals surface area contributed by atoms with Gasteiger partial charge in [-0.05, 0) is 110 Å². The molecule has 38 heavy (non-hydrogen) atoms. The largest absolute Gasteiger partial charge is 0.0616 e. The molecule has 8 aromatic carbocycles. The average Bonchev–Trinajstić information content (AvgIpc) is 2.98. The third kappa shape index (κ3) is 3.13. The fraction of sp³-hybridized carbons (Fsp3) is 0. The molecule has 0 N–H and O–H groups in total. The summed E-state index contributed by atoms with van der Waals surface area (Å²) < 4.78 is 2.62. The molecular formula is C36H20I2. The summed E-state index contributed by atoms with van der Waals surface area (Å²) in [6.07, 6.45) is 0. The summed E-state index contributed by atoms with van der Waals surface area (Å²) in [6, 6.07) is 44.7. The second-order valence-corrected chi connectivity index (χ2v) is 12.0. The van der Waals surface area contributed by atoms with Crippen molar-refractivity contribution < 1.29 is 0 Å². The number of benzene rings is 8. The van der Waals surface area contributed by atoms with Crippen molar-refractivity contribution in [1.82, 2.24) is 0 Å². The highest BCUT2D eigenvalue weighted by Crippen LogP contribution is 2.49. The van der Waals surface area contributed by atoms with Crippen molar-refractivity contribution >= 4 is 110 Å². The van der Waals surface area contributed by atoms with Crippen LogP contribution in [0.5, 0.6) is 0 Å². The van der Waals surface area contributed by atoms with E-state index in [1.165, 1.54) is 82.9 Å². The first kappa shape index (κ1) is 22.7. The predicted molar refractivity (Wildman–Crippen MR) is 182 cm³/mol. The molecule has 8 aromatic rings. The van der Waals surface area contributed by atoms with Gasteiger partial charge in [-0.1, -0.05) is 121 Å². The molecule has 0 aromatic heterocycles. The van der Waals surface area contributed by atoms with Crippen molar-refractivity contribution in [2.45, 2.75) is 0 Å². The Morgan fingerprint density at radius 1 is 0.289 bits per heavy atom. The Kier molecular flexibility index (Phi) is 5.18. The fourth-order valence-electron chi connectivity index (χ4n) is 6.31. The minimum Gasteiger partial charge on any atom is -0.0616 e. The molecule has 0 bridgehead atoms. The molecule has 0 aliphatic carbocycles. The second kappa shape index (κ2) is 8.65. The second-order valence-electron chi connectivity index (χ2n) is 9.89. The highest BCUT2D eigenvalue weighted by Gasteiger charge is 2.23. The molecule has 2 heteroatoms. The van der Waals surface area contributed by atoms with E-state index in [-0.39, 0.29) is 0 Å². The quantitative estimate of drug-likeness (QED) is 0.118. The van der Waals surface area contributed by atoms with Gasteiger partial charge in [-0.3, -0.25) is 0 Å². The summed E-state index contributed by atoms with van der Waals surface area (Å²) in [5, 5.41) is 15.7. The molecule has 0 unspecified atom stereocenters. The highest BCUT2D eigenvalue weighted by molar-refractivity contribution is 14.1. The molecule has 0 radical (unpaired) electrons. The van der Waals surface area contributed by atoms with Crippen LogP contribution in [0.2, 0.25) is 0 Å². The van der Waals surface area contributed by atoms with Crippen molar-refractivity contribution in [1.29, 1.82) is 0 Å². The summed E-state index contributed by atoms with van der Waals surface area (Å²) in [4.78, 5) is 0. The van der Waals surface area contributed by atoms with Crippen LogP contribution >= 0.6 is 45.2 Å². The standard InChI is InChI=1S/C36H20I2/c37-35-29-15-7-5-13-25(29)27-19-17-21-9-1-3-11-23(21)31(27)33(35)34-32-24-12-4-2-10-22(24)18-20-28(32)26-14-6-8-16-30(26)36(34)38/h1-20H. The molecule has 0 spiro atoms. The third-order valence-corrected chi connectivity index (χ3v) is 10.2. The van der Waals surface area contributed by atoms with Gasteiger partial charge >= 0.3 is 0 Å². The van der Waals surface area contributed by atoms with Gasteiger partial charge in [-0.2, -0.15) is 0 Å². The van der Waals surface area contributed by atoms with Crippen LogP contribution in [-0.2, 0) is 0 Å². The number of hydrogen-bond acceptors (Lipinski definition) is 0. The van der Waals surface area contributed by atoms with E-state index in [0.717, 1.165) is 0 Å². The van der Waals surface area contributed by atoms with Gasteiger partial charge in [0.15, 0.2) is 0 Å². The monoisotopic (exact) mass is 706 g/mol. The summed E-state index contributed by atoms with van der Waals surface area (Å²) >= 11 is 5.23. The highest BCUT2D eigenvalue weighted by atomic mass is 127. The van der Waals surface area contributed by atoms with Crippen LogP contribution in [0.4, 0.5) is 0 Å². The van der Waals surface area contributed by atoms with Gasteiger partial charge in [-0.25, -0.2) is 0 Å². The van der Waals surface area contributed by atoms with Gasteiger partial charge < -0.3 is 0 Å². The SMILES string of the molecule is Ic1c(-c2c(I)c3ccccc3c3ccc4ccccc4c23)c2c3ccccc3ccc2c2ccccc12. The zero-order valence-corrected chi connectivity index (χ0v) is 24.6. The van der Waals surface area contributed by atoms with Crippen LogP contribution in [0.1, 0.15) is 0 Å². The normalized spacial score (nSPS) is 11.9. The van der Waals surface area contributed by atoms with Crippen LogP contribution in [0.3, 0.4) is 0 Å². The Hall–Kier alpha value is -3.22. The van der Waals surface area contributed by atoms with Gasteiger partial charge in [0.25, 0.3) is 0 Å². The molecule has 0 aliphatic heterocycles. The molecule has 0 saturated carbocycles. The van der Waals surface area contributed by atoms with Crippen LogP contribution in [0.25, 0.3) is 75.8 Å². The molecular weight excluding hydrogens is 686 g/mol. The first-order valence-electron chi connectivity index (χ1n) is 12.8. The Labute approximate surface area is 247 Å². The topological polar surface area (TPSA) is 0 Å². The Balaban J connectivity index is 1.74. The van der Waals surface area contributed by atoms with E-state index in [4.69, 9.17) is 0 Å². The summed E-state index contributed by atoms with van der Waals surface area (Å²) in [5.41, 5.74) is 2.68. The minimum absolute atomic E-state index is 1.28. The van der Waals surface area contributed by atoms with E-state index in [2.05, 4.69) is 167 Å². The van der Waals surface area contributed by atoms with Crippen molar-refractivity contribution in [3.05, 3.63) is 128 Å². The fourth-order valence-corrected chi connectivity index (χ4v) is 8.33. The van der Waals surface area contributed by atoms with Gasteiger partial charge in [0, 0.05) is 18.3 Å². The lowest BCUT2D eigenvalue weighted by atomic mass is 9.85. The maximum atomic E-state index is 2.62. The van der Waals surface area contributed by atoms with E-state index in [0.29, 0.717) is 0 Å². The maximum Gasteiger partial charge on any atom is 0.0294 e. The Morgan fingerprint density at radius 3 is 1.05 bits per heavy atom. The molecule has 0 heterocycles. The zero-order chi connectivity index (χ0) is 25.4. The predicted octanol–water partition coefficient (Wildman–Crippen LogP) is 11.5. The lowest BCUT2D eigenvalue weighted by Gasteiger charge is -2.21. The zero-order valence-electron chi connectivity index (χ0n) is 20.3. The molecule has 178 valence electrons. The summed E-state index contributed by atoms with van der Waals surface area (Å²) in [7, 11) is 0. The van der Waals surface area contributed by atoms with Gasteiger partial charge in [0.1, 0.15) is 0 Å². The Morgan fingerprint density at radius 2 is 0.632 bits per heavy atom. The lowest BCUT2D eigenvalue weighted by Crippen LogP contribution is -1.96. The van der Waals surface area contributed by atoms with Gasteiger partial charge in [-0.15, -0.1) is 0 Å². The van der Waals surface area contributed by atoms with E-state index in [9.17, 15) is 0 Å². The minimum atomic E-state index is 1.28. The number of fused-ring (bicyclic) bond motifs is 10. The van der Waals surface area contributed by atoms with Crippen LogP contribution < -0.4 is 0 Å².